The molecule has 0 saturated carbocycles. The third-order valence-electron chi connectivity index (χ3n) is 3.39. The van der Waals surface area contributed by atoms with Crippen LogP contribution in [-0.4, -0.2) is 10.9 Å². The molecule has 0 spiro atoms. The molecule has 3 rings (SSSR count). The SMILES string of the molecule is O=C(C=Cc1ccccc1Cl)NCc1cncc(-c2cccs2)c1. The average Bonchev–Trinajstić information content (AvgIpc) is 3.14. The summed E-state index contributed by atoms with van der Waals surface area (Å²) in [6.07, 6.45) is 6.78. The molecule has 0 unspecified atom stereocenters. The molecule has 0 aliphatic rings. The summed E-state index contributed by atoms with van der Waals surface area (Å²) >= 11 is 7.72. The zero-order valence-electron chi connectivity index (χ0n) is 12.8. The van der Waals surface area contributed by atoms with Crippen LogP contribution in [0.5, 0.6) is 0 Å². The molecule has 5 heteroatoms. The second kappa shape index (κ2) is 7.90. The fourth-order valence-corrected chi connectivity index (χ4v) is 3.09. The Labute approximate surface area is 149 Å². The molecule has 0 fully saturated rings. The summed E-state index contributed by atoms with van der Waals surface area (Å²) in [6.45, 7) is 0.428. The Morgan fingerprint density at radius 1 is 1.21 bits per heavy atom. The van der Waals surface area contributed by atoms with Gasteiger partial charge in [0, 0.05) is 40.5 Å². The highest BCUT2D eigenvalue weighted by molar-refractivity contribution is 7.13. The van der Waals surface area contributed by atoms with Gasteiger partial charge in [0.15, 0.2) is 0 Å². The number of rotatable bonds is 5. The molecule has 1 amide bonds. The van der Waals surface area contributed by atoms with Gasteiger partial charge in [-0.25, -0.2) is 0 Å². The fraction of sp³-hybridized carbons (Fsp3) is 0.0526. The summed E-state index contributed by atoms with van der Waals surface area (Å²) in [4.78, 5) is 17.4. The van der Waals surface area contributed by atoms with Gasteiger partial charge in [-0.3, -0.25) is 9.78 Å². The molecule has 0 atom stereocenters. The number of carbonyl (C=O) groups is 1. The van der Waals surface area contributed by atoms with E-state index in [2.05, 4.69) is 16.4 Å². The summed E-state index contributed by atoms with van der Waals surface area (Å²) in [5, 5.41) is 5.51. The van der Waals surface area contributed by atoms with Crippen molar-refractivity contribution in [2.45, 2.75) is 6.54 Å². The first-order chi connectivity index (χ1) is 11.7. The number of hydrogen-bond donors (Lipinski definition) is 1. The van der Waals surface area contributed by atoms with Gasteiger partial charge in [0.1, 0.15) is 0 Å². The van der Waals surface area contributed by atoms with E-state index in [1.807, 2.05) is 41.9 Å². The standard InChI is InChI=1S/C19H15ClN2OS/c20-17-5-2-1-4-15(17)7-8-19(23)22-12-14-10-16(13-21-11-14)18-6-3-9-24-18/h1-11,13H,12H2,(H,22,23). The van der Waals surface area contributed by atoms with Crippen LogP contribution >= 0.6 is 22.9 Å². The monoisotopic (exact) mass is 354 g/mol. The summed E-state index contributed by atoms with van der Waals surface area (Å²) in [7, 11) is 0. The predicted octanol–water partition coefficient (Wildman–Crippen LogP) is 4.79. The molecule has 0 bridgehead atoms. The lowest BCUT2D eigenvalue weighted by molar-refractivity contribution is -0.116. The van der Waals surface area contributed by atoms with Crippen LogP contribution in [0.4, 0.5) is 0 Å². The molecule has 3 nitrogen and oxygen atoms in total. The number of nitrogens with zero attached hydrogens (tertiary/aromatic N) is 1. The van der Waals surface area contributed by atoms with Crippen LogP contribution in [0.15, 0.2) is 66.3 Å². The molecule has 24 heavy (non-hydrogen) atoms. The largest absolute Gasteiger partial charge is 0.348 e. The number of aromatic nitrogens is 1. The van der Waals surface area contributed by atoms with Crippen molar-refractivity contribution < 1.29 is 4.79 Å². The molecule has 3 aromatic rings. The Morgan fingerprint density at radius 2 is 2.08 bits per heavy atom. The first kappa shape index (κ1) is 16.4. The third-order valence-corrected chi connectivity index (χ3v) is 4.65. The van der Waals surface area contributed by atoms with Crippen molar-refractivity contribution in [3.05, 3.63) is 82.5 Å². The first-order valence-electron chi connectivity index (χ1n) is 7.40. The molecule has 0 aliphatic carbocycles. The smallest absolute Gasteiger partial charge is 0.244 e. The highest BCUT2D eigenvalue weighted by Crippen LogP contribution is 2.24. The van der Waals surface area contributed by atoms with Crippen LogP contribution in [0.1, 0.15) is 11.1 Å². The highest BCUT2D eigenvalue weighted by atomic mass is 35.5. The topological polar surface area (TPSA) is 42.0 Å². The van der Waals surface area contributed by atoms with Gasteiger partial charge in [0.25, 0.3) is 0 Å². The summed E-state index contributed by atoms with van der Waals surface area (Å²) < 4.78 is 0. The van der Waals surface area contributed by atoms with Crippen LogP contribution in [0.3, 0.4) is 0 Å². The van der Waals surface area contributed by atoms with Gasteiger partial charge in [-0.15, -0.1) is 11.3 Å². The number of halogens is 1. The maximum absolute atomic E-state index is 12.0. The van der Waals surface area contributed by atoms with Crippen molar-refractivity contribution in [2.24, 2.45) is 0 Å². The van der Waals surface area contributed by atoms with Crippen molar-refractivity contribution in [1.82, 2.24) is 10.3 Å². The zero-order valence-corrected chi connectivity index (χ0v) is 14.3. The molecule has 1 N–H and O–H groups in total. The average molecular weight is 355 g/mol. The minimum atomic E-state index is -0.170. The Morgan fingerprint density at radius 3 is 2.88 bits per heavy atom. The fourth-order valence-electron chi connectivity index (χ4n) is 2.19. The van der Waals surface area contributed by atoms with E-state index in [4.69, 9.17) is 11.6 Å². The Hall–Kier alpha value is -2.43. The third kappa shape index (κ3) is 4.31. The maximum atomic E-state index is 12.0. The predicted molar refractivity (Wildman–Crippen MR) is 99.9 cm³/mol. The number of hydrogen-bond acceptors (Lipinski definition) is 3. The van der Waals surface area contributed by atoms with Crippen molar-refractivity contribution in [1.29, 1.82) is 0 Å². The normalized spacial score (nSPS) is 10.9. The molecule has 0 aliphatic heterocycles. The lowest BCUT2D eigenvalue weighted by Gasteiger charge is -2.04. The number of carbonyl (C=O) groups excluding carboxylic acids is 1. The lowest BCUT2D eigenvalue weighted by atomic mass is 10.2. The van der Waals surface area contributed by atoms with E-state index in [0.29, 0.717) is 11.6 Å². The van der Waals surface area contributed by atoms with E-state index in [1.165, 1.54) is 6.08 Å². The summed E-state index contributed by atoms with van der Waals surface area (Å²) in [6, 6.07) is 13.5. The molecule has 0 saturated heterocycles. The Kier molecular flexibility index (Phi) is 5.41. The number of pyridine rings is 1. The van der Waals surface area contributed by atoms with Crippen LogP contribution in [0, 0.1) is 0 Å². The minimum Gasteiger partial charge on any atom is -0.348 e. The van der Waals surface area contributed by atoms with Gasteiger partial charge in [-0.2, -0.15) is 0 Å². The van der Waals surface area contributed by atoms with Crippen LogP contribution in [-0.2, 0) is 11.3 Å². The summed E-state index contributed by atoms with van der Waals surface area (Å²) in [5.74, 6) is -0.170. The lowest BCUT2D eigenvalue weighted by Crippen LogP contribution is -2.20. The van der Waals surface area contributed by atoms with Crippen LogP contribution in [0.25, 0.3) is 16.5 Å². The van der Waals surface area contributed by atoms with E-state index >= 15 is 0 Å². The van der Waals surface area contributed by atoms with E-state index in [9.17, 15) is 4.79 Å². The number of benzene rings is 1. The molecule has 0 radical (unpaired) electrons. The molecule has 1 aromatic carbocycles. The van der Waals surface area contributed by atoms with Crippen LogP contribution < -0.4 is 5.32 Å². The molecule has 120 valence electrons. The van der Waals surface area contributed by atoms with Gasteiger partial charge in [0.2, 0.25) is 5.91 Å². The van der Waals surface area contributed by atoms with Gasteiger partial charge < -0.3 is 5.32 Å². The number of amides is 1. The summed E-state index contributed by atoms with van der Waals surface area (Å²) in [5.41, 5.74) is 2.83. The first-order valence-corrected chi connectivity index (χ1v) is 8.66. The Bertz CT molecular complexity index is 859. The Balaban J connectivity index is 1.61. The second-order valence-corrected chi connectivity index (χ2v) is 6.49. The molecule has 2 heterocycles. The molecular formula is C19H15ClN2OS. The van der Waals surface area contributed by atoms with Gasteiger partial charge in [-0.1, -0.05) is 35.9 Å². The van der Waals surface area contributed by atoms with Crippen molar-refractivity contribution in [3.63, 3.8) is 0 Å². The maximum Gasteiger partial charge on any atom is 0.244 e. The van der Waals surface area contributed by atoms with E-state index in [0.717, 1.165) is 21.6 Å². The van der Waals surface area contributed by atoms with Gasteiger partial charge in [-0.05, 0) is 40.8 Å². The highest BCUT2D eigenvalue weighted by Gasteiger charge is 2.03. The van der Waals surface area contributed by atoms with Crippen molar-refractivity contribution in [2.75, 3.05) is 0 Å². The number of thiophene rings is 1. The second-order valence-electron chi connectivity index (χ2n) is 5.13. The number of nitrogens with one attached hydrogen (secondary N) is 1. The van der Waals surface area contributed by atoms with E-state index < -0.39 is 0 Å². The minimum absolute atomic E-state index is 0.170. The quantitative estimate of drug-likeness (QED) is 0.669. The zero-order chi connectivity index (χ0) is 16.8. The van der Waals surface area contributed by atoms with Crippen molar-refractivity contribution in [3.8, 4) is 10.4 Å². The van der Waals surface area contributed by atoms with Gasteiger partial charge in [0.05, 0.1) is 0 Å². The molecule has 2 aromatic heterocycles. The van der Waals surface area contributed by atoms with Crippen molar-refractivity contribution >= 4 is 34.9 Å². The van der Waals surface area contributed by atoms with Gasteiger partial charge >= 0.3 is 0 Å². The van der Waals surface area contributed by atoms with E-state index in [1.54, 1.807) is 29.7 Å². The molecular weight excluding hydrogens is 340 g/mol. The van der Waals surface area contributed by atoms with Crippen LogP contribution in [0.2, 0.25) is 5.02 Å². The van der Waals surface area contributed by atoms with E-state index in [-0.39, 0.29) is 5.91 Å².